The molecule has 0 bridgehead atoms. The van der Waals surface area contributed by atoms with Gasteiger partial charge in [-0.15, -0.1) is 0 Å². The van der Waals surface area contributed by atoms with E-state index in [9.17, 15) is 18.0 Å². The predicted octanol–water partition coefficient (Wildman–Crippen LogP) is 3.10. The molecule has 27 heavy (non-hydrogen) atoms. The average Bonchev–Trinajstić information content (AvgIpc) is 3.11. The molecule has 2 heterocycles. The molecule has 146 valence electrons. The molecule has 1 aliphatic heterocycles. The Morgan fingerprint density at radius 1 is 1.19 bits per heavy atom. The van der Waals surface area contributed by atoms with E-state index in [1.54, 1.807) is 12.1 Å². The van der Waals surface area contributed by atoms with Crippen molar-refractivity contribution < 1.29 is 27.1 Å². The van der Waals surface area contributed by atoms with Crippen LogP contribution in [-0.4, -0.2) is 43.7 Å². The first-order valence-electron chi connectivity index (χ1n) is 8.74. The second kappa shape index (κ2) is 8.58. The van der Waals surface area contributed by atoms with E-state index in [4.69, 9.17) is 9.15 Å². The van der Waals surface area contributed by atoms with Crippen LogP contribution in [-0.2, 0) is 23.9 Å². The summed E-state index contributed by atoms with van der Waals surface area (Å²) in [5.74, 6) is 0.306. The van der Waals surface area contributed by atoms with Gasteiger partial charge in [-0.3, -0.25) is 9.69 Å². The number of furan rings is 1. The number of nitrogens with zero attached hydrogens (tertiary/aromatic N) is 1. The minimum absolute atomic E-state index is 0.0971. The molecule has 0 spiro atoms. The summed E-state index contributed by atoms with van der Waals surface area (Å²) in [6, 6.07) is 7.04. The van der Waals surface area contributed by atoms with E-state index in [0.717, 1.165) is 19.2 Å². The van der Waals surface area contributed by atoms with Gasteiger partial charge in [0, 0.05) is 19.6 Å². The molecule has 8 heteroatoms. The molecule has 1 saturated heterocycles. The quantitative estimate of drug-likeness (QED) is 0.834. The lowest BCUT2D eigenvalue weighted by atomic mass is 10.0. The highest BCUT2D eigenvalue weighted by Crippen LogP contribution is 2.31. The lowest BCUT2D eigenvalue weighted by Gasteiger charge is -2.25. The Hall–Kier alpha value is -2.32. The van der Waals surface area contributed by atoms with Crippen LogP contribution in [0.5, 0.6) is 0 Å². The van der Waals surface area contributed by atoms with Crippen molar-refractivity contribution in [3.8, 4) is 0 Å². The molecule has 0 aliphatic carbocycles. The maximum absolute atomic E-state index is 13.0. The number of amides is 1. The van der Waals surface area contributed by atoms with Crippen molar-refractivity contribution in [3.05, 3.63) is 59.0 Å². The number of alkyl halides is 3. The summed E-state index contributed by atoms with van der Waals surface area (Å²) in [5, 5.41) is 2.64. The molecule has 1 aromatic heterocycles. The van der Waals surface area contributed by atoms with E-state index in [2.05, 4.69) is 10.2 Å². The molecule has 1 aliphatic rings. The Morgan fingerprint density at radius 2 is 1.93 bits per heavy atom. The van der Waals surface area contributed by atoms with Gasteiger partial charge in [0.2, 0.25) is 0 Å². The molecule has 2 aromatic rings. The molecular weight excluding hydrogens is 361 g/mol. The molecule has 0 atom stereocenters. The zero-order valence-corrected chi connectivity index (χ0v) is 14.7. The largest absolute Gasteiger partial charge is 0.467 e. The van der Waals surface area contributed by atoms with Gasteiger partial charge >= 0.3 is 6.18 Å². The van der Waals surface area contributed by atoms with Crippen LogP contribution < -0.4 is 5.32 Å². The smallest absolute Gasteiger partial charge is 0.416 e. The van der Waals surface area contributed by atoms with Crippen molar-refractivity contribution in [2.24, 2.45) is 0 Å². The number of nitrogens with one attached hydrogen (secondary N) is 1. The van der Waals surface area contributed by atoms with Crippen LogP contribution in [0.15, 0.2) is 41.0 Å². The lowest BCUT2D eigenvalue weighted by molar-refractivity contribution is -0.138. The van der Waals surface area contributed by atoms with Gasteiger partial charge in [0.05, 0.1) is 30.9 Å². The van der Waals surface area contributed by atoms with Crippen LogP contribution in [0.2, 0.25) is 0 Å². The topological polar surface area (TPSA) is 54.7 Å². The number of hydrogen-bond acceptors (Lipinski definition) is 4. The molecule has 1 amide bonds. The first-order chi connectivity index (χ1) is 12.9. The minimum Gasteiger partial charge on any atom is -0.467 e. The first kappa shape index (κ1) is 19.4. The van der Waals surface area contributed by atoms with Gasteiger partial charge in [0.15, 0.2) is 0 Å². The SMILES string of the molecule is O=C(NCCc1ccccc1C(F)(F)F)c1coc(CN2CCOCC2)c1. The zero-order chi connectivity index (χ0) is 19.3. The van der Waals surface area contributed by atoms with Gasteiger partial charge in [-0.2, -0.15) is 13.2 Å². The van der Waals surface area contributed by atoms with Gasteiger partial charge in [-0.1, -0.05) is 18.2 Å². The molecule has 0 saturated carbocycles. The number of rotatable bonds is 6. The Labute approximate surface area is 155 Å². The third-order valence-electron chi connectivity index (χ3n) is 4.40. The monoisotopic (exact) mass is 382 g/mol. The van der Waals surface area contributed by atoms with Crippen LogP contribution in [0.1, 0.15) is 27.2 Å². The van der Waals surface area contributed by atoms with E-state index in [0.29, 0.717) is 31.1 Å². The Balaban J connectivity index is 1.52. The average molecular weight is 382 g/mol. The summed E-state index contributed by atoms with van der Waals surface area (Å²) in [7, 11) is 0. The molecule has 5 nitrogen and oxygen atoms in total. The second-order valence-corrected chi connectivity index (χ2v) is 6.35. The van der Waals surface area contributed by atoms with E-state index in [-0.39, 0.29) is 24.4 Å². The number of benzene rings is 1. The van der Waals surface area contributed by atoms with Crippen molar-refractivity contribution in [2.75, 3.05) is 32.8 Å². The third-order valence-corrected chi connectivity index (χ3v) is 4.40. The fraction of sp³-hybridized carbons (Fsp3) is 0.421. The highest BCUT2D eigenvalue weighted by Gasteiger charge is 2.32. The van der Waals surface area contributed by atoms with Crippen molar-refractivity contribution in [2.45, 2.75) is 19.1 Å². The van der Waals surface area contributed by atoms with Crippen molar-refractivity contribution >= 4 is 5.91 Å². The van der Waals surface area contributed by atoms with Crippen LogP contribution >= 0.6 is 0 Å². The van der Waals surface area contributed by atoms with Gasteiger partial charge < -0.3 is 14.5 Å². The predicted molar refractivity (Wildman–Crippen MR) is 92.3 cm³/mol. The summed E-state index contributed by atoms with van der Waals surface area (Å²) in [6.07, 6.45) is -2.94. The third kappa shape index (κ3) is 5.33. The highest BCUT2D eigenvalue weighted by atomic mass is 19.4. The number of carbonyl (C=O) groups excluding carboxylic acids is 1. The van der Waals surface area contributed by atoms with E-state index in [1.807, 2.05) is 0 Å². The molecule has 0 unspecified atom stereocenters. The van der Waals surface area contributed by atoms with Gasteiger partial charge in [0.25, 0.3) is 5.91 Å². The highest BCUT2D eigenvalue weighted by molar-refractivity contribution is 5.93. The van der Waals surface area contributed by atoms with Gasteiger partial charge in [0.1, 0.15) is 12.0 Å². The normalized spacial score (nSPS) is 15.7. The Kier molecular flexibility index (Phi) is 6.18. The first-order valence-corrected chi connectivity index (χ1v) is 8.74. The van der Waals surface area contributed by atoms with Gasteiger partial charge in [-0.05, 0) is 24.1 Å². The number of hydrogen-bond donors (Lipinski definition) is 1. The minimum atomic E-state index is -4.40. The fourth-order valence-corrected chi connectivity index (χ4v) is 2.99. The zero-order valence-electron chi connectivity index (χ0n) is 14.7. The lowest BCUT2D eigenvalue weighted by Crippen LogP contribution is -2.35. The maximum Gasteiger partial charge on any atom is 0.416 e. The number of morpholine rings is 1. The molecule has 1 aromatic carbocycles. The van der Waals surface area contributed by atoms with Crippen LogP contribution in [0.3, 0.4) is 0 Å². The van der Waals surface area contributed by atoms with Crippen molar-refractivity contribution in [1.82, 2.24) is 10.2 Å². The second-order valence-electron chi connectivity index (χ2n) is 6.35. The molecule has 0 radical (unpaired) electrons. The summed E-state index contributed by atoms with van der Waals surface area (Å²) in [4.78, 5) is 14.4. The Morgan fingerprint density at radius 3 is 2.67 bits per heavy atom. The summed E-state index contributed by atoms with van der Waals surface area (Å²) in [6.45, 7) is 3.66. The molecule has 3 rings (SSSR count). The summed E-state index contributed by atoms with van der Waals surface area (Å²) in [5.41, 5.74) is -0.150. The van der Waals surface area contributed by atoms with E-state index >= 15 is 0 Å². The maximum atomic E-state index is 13.0. The molecule has 1 fully saturated rings. The fourth-order valence-electron chi connectivity index (χ4n) is 2.99. The number of ether oxygens (including phenoxy) is 1. The van der Waals surface area contributed by atoms with E-state index in [1.165, 1.54) is 18.4 Å². The van der Waals surface area contributed by atoms with E-state index < -0.39 is 11.7 Å². The van der Waals surface area contributed by atoms with Crippen LogP contribution in [0.4, 0.5) is 13.2 Å². The van der Waals surface area contributed by atoms with Crippen molar-refractivity contribution in [1.29, 1.82) is 0 Å². The number of carbonyl (C=O) groups is 1. The van der Waals surface area contributed by atoms with Gasteiger partial charge in [-0.25, -0.2) is 0 Å². The van der Waals surface area contributed by atoms with Crippen LogP contribution in [0, 0.1) is 0 Å². The van der Waals surface area contributed by atoms with Crippen LogP contribution in [0.25, 0.3) is 0 Å². The standard InChI is InChI=1S/C19H21F3N2O3/c20-19(21,22)17-4-2-1-3-14(17)5-6-23-18(25)15-11-16(27-13-15)12-24-7-9-26-10-8-24/h1-4,11,13H,5-10,12H2,(H,23,25). The summed E-state index contributed by atoms with van der Waals surface area (Å²) < 4.78 is 49.7. The Bertz CT molecular complexity index is 768. The number of halogens is 3. The molecule has 1 N–H and O–H groups in total. The summed E-state index contributed by atoms with van der Waals surface area (Å²) >= 11 is 0. The molecular formula is C19H21F3N2O3. The van der Waals surface area contributed by atoms with Crippen molar-refractivity contribution in [3.63, 3.8) is 0 Å².